The Hall–Kier alpha value is -2.42. The van der Waals surface area contributed by atoms with Crippen molar-refractivity contribution in [1.29, 1.82) is 0 Å². The lowest BCUT2D eigenvalue weighted by molar-refractivity contribution is 0.0944. The fourth-order valence-corrected chi connectivity index (χ4v) is 4.88. The van der Waals surface area contributed by atoms with Gasteiger partial charge in [-0.2, -0.15) is 0 Å². The van der Waals surface area contributed by atoms with E-state index >= 15 is 0 Å². The van der Waals surface area contributed by atoms with Crippen LogP contribution in [0.25, 0.3) is 5.69 Å². The molecule has 2 aromatic heterocycles. The molecule has 1 aromatic carbocycles. The van der Waals surface area contributed by atoms with Crippen molar-refractivity contribution in [2.24, 2.45) is 0 Å². The van der Waals surface area contributed by atoms with Crippen LogP contribution in [0.1, 0.15) is 26.6 Å². The minimum atomic E-state index is -3.78. The third-order valence-corrected chi connectivity index (χ3v) is 6.71. The van der Waals surface area contributed by atoms with Gasteiger partial charge in [0.25, 0.3) is 15.9 Å². The van der Waals surface area contributed by atoms with E-state index in [1.807, 2.05) is 55.7 Å². The summed E-state index contributed by atoms with van der Waals surface area (Å²) in [6.45, 7) is 5.54. The third-order valence-electron chi connectivity index (χ3n) is 3.97. The van der Waals surface area contributed by atoms with E-state index in [0.29, 0.717) is 5.56 Å². The second-order valence-corrected chi connectivity index (χ2v) is 9.08. The molecule has 0 saturated carbocycles. The molecule has 3 aromatic rings. The predicted molar refractivity (Wildman–Crippen MR) is 102 cm³/mol. The topological polar surface area (TPSA) is 80.2 Å². The van der Waals surface area contributed by atoms with Crippen LogP contribution in [0.2, 0.25) is 0 Å². The van der Waals surface area contributed by atoms with Gasteiger partial charge in [0.2, 0.25) is 0 Å². The molecule has 0 unspecified atom stereocenters. The molecule has 2 heterocycles. The van der Waals surface area contributed by atoms with E-state index in [9.17, 15) is 13.2 Å². The zero-order chi connectivity index (χ0) is 18.9. The smallest absolute Gasteiger partial charge is 0.268 e. The second-order valence-electron chi connectivity index (χ2n) is 5.88. The van der Waals surface area contributed by atoms with Crippen LogP contribution in [0.4, 0.5) is 0 Å². The summed E-state index contributed by atoms with van der Waals surface area (Å²) in [5.41, 5.74) is 5.27. The molecule has 8 heteroatoms. The number of benzene rings is 1. The maximum absolute atomic E-state index is 12.5. The number of aryl methyl sites for hydroxylation is 2. The van der Waals surface area contributed by atoms with E-state index in [0.717, 1.165) is 33.3 Å². The number of carbonyl (C=O) groups is 1. The Morgan fingerprint density at radius 2 is 1.73 bits per heavy atom. The van der Waals surface area contributed by atoms with Crippen LogP contribution in [-0.4, -0.2) is 18.9 Å². The molecule has 0 aliphatic rings. The summed E-state index contributed by atoms with van der Waals surface area (Å²) in [5.74, 6) is -0.503. The van der Waals surface area contributed by atoms with E-state index in [4.69, 9.17) is 0 Å². The number of hydrogen-bond acceptors (Lipinski definition) is 4. The van der Waals surface area contributed by atoms with Gasteiger partial charge in [0.05, 0.1) is 5.56 Å². The van der Waals surface area contributed by atoms with Crippen LogP contribution in [0.5, 0.6) is 0 Å². The number of hydrazine groups is 1. The molecule has 1 amide bonds. The summed E-state index contributed by atoms with van der Waals surface area (Å²) >= 11 is 1.14. The normalized spacial score (nSPS) is 11.5. The van der Waals surface area contributed by atoms with Crippen molar-refractivity contribution in [3.8, 4) is 5.69 Å². The summed E-state index contributed by atoms with van der Waals surface area (Å²) in [5, 5.41) is 0. The highest BCUT2D eigenvalue weighted by molar-refractivity contribution is 7.91. The molecule has 0 radical (unpaired) electrons. The molecule has 0 aliphatic carbocycles. The lowest BCUT2D eigenvalue weighted by Crippen LogP contribution is -2.41. The molecule has 0 saturated heterocycles. The lowest BCUT2D eigenvalue weighted by atomic mass is 10.2. The number of thiophene rings is 1. The van der Waals surface area contributed by atoms with E-state index in [-0.39, 0.29) is 4.21 Å². The Kier molecular flexibility index (Phi) is 4.99. The van der Waals surface area contributed by atoms with Gasteiger partial charge in [-0.15, -0.1) is 16.2 Å². The SMILES string of the molecule is Cc1ccc(S(=O)(=O)NNC(=O)c2cc(C)n(-c3ccccc3)c2C)s1. The van der Waals surface area contributed by atoms with Crippen molar-refractivity contribution in [3.05, 3.63) is 70.4 Å². The summed E-state index contributed by atoms with van der Waals surface area (Å²) in [7, 11) is -3.78. The number of amides is 1. The zero-order valence-electron chi connectivity index (χ0n) is 14.6. The first-order valence-corrected chi connectivity index (χ1v) is 10.2. The highest BCUT2D eigenvalue weighted by atomic mass is 32.2. The molecule has 3 rings (SSSR count). The van der Waals surface area contributed by atoms with Crippen LogP contribution in [0.3, 0.4) is 0 Å². The van der Waals surface area contributed by atoms with Crippen molar-refractivity contribution >= 4 is 27.3 Å². The van der Waals surface area contributed by atoms with E-state index in [1.54, 1.807) is 12.1 Å². The fourth-order valence-electron chi connectivity index (χ4n) is 2.75. The molecular weight excluding hydrogens is 370 g/mol. The molecule has 136 valence electrons. The average Bonchev–Trinajstić information content (AvgIpc) is 3.17. The number of nitrogens with one attached hydrogen (secondary N) is 2. The second kappa shape index (κ2) is 7.06. The number of rotatable bonds is 5. The largest absolute Gasteiger partial charge is 0.318 e. The summed E-state index contributed by atoms with van der Waals surface area (Å²) < 4.78 is 26.6. The van der Waals surface area contributed by atoms with Gasteiger partial charge in [-0.1, -0.05) is 18.2 Å². The van der Waals surface area contributed by atoms with Crippen LogP contribution >= 0.6 is 11.3 Å². The van der Waals surface area contributed by atoms with Gasteiger partial charge in [0.15, 0.2) is 0 Å². The highest BCUT2D eigenvalue weighted by Crippen LogP contribution is 2.21. The Morgan fingerprint density at radius 3 is 2.35 bits per heavy atom. The lowest BCUT2D eigenvalue weighted by Gasteiger charge is -2.10. The van der Waals surface area contributed by atoms with Gasteiger partial charge >= 0.3 is 0 Å². The van der Waals surface area contributed by atoms with Crippen LogP contribution in [0.15, 0.2) is 52.7 Å². The average molecular weight is 390 g/mol. The van der Waals surface area contributed by atoms with Crippen LogP contribution < -0.4 is 10.3 Å². The first-order valence-electron chi connectivity index (χ1n) is 7.92. The quantitative estimate of drug-likeness (QED) is 0.658. The summed E-state index contributed by atoms with van der Waals surface area (Å²) in [6.07, 6.45) is 0. The van der Waals surface area contributed by atoms with Crippen molar-refractivity contribution in [2.75, 3.05) is 0 Å². The maximum atomic E-state index is 12.5. The van der Waals surface area contributed by atoms with Gasteiger partial charge < -0.3 is 4.57 Å². The molecule has 6 nitrogen and oxygen atoms in total. The molecular formula is C18H19N3O3S2. The number of hydrogen-bond donors (Lipinski definition) is 2. The Balaban J connectivity index is 1.81. The summed E-state index contributed by atoms with van der Waals surface area (Å²) in [4.78, 5) is 15.5. The summed E-state index contributed by atoms with van der Waals surface area (Å²) in [6, 6.07) is 14.6. The van der Waals surface area contributed by atoms with Crippen LogP contribution in [-0.2, 0) is 10.0 Å². The van der Waals surface area contributed by atoms with Crippen molar-refractivity contribution in [3.63, 3.8) is 0 Å². The van der Waals surface area contributed by atoms with Crippen molar-refractivity contribution < 1.29 is 13.2 Å². The number of sulfonamides is 1. The third kappa shape index (κ3) is 3.57. The molecule has 0 fully saturated rings. The van der Waals surface area contributed by atoms with E-state index in [1.165, 1.54) is 6.07 Å². The minimum absolute atomic E-state index is 0.157. The Morgan fingerprint density at radius 1 is 1.04 bits per heavy atom. The number of aromatic nitrogens is 1. The molecule has 0 atom stereocenters. The Labute approximate surface area is 156 Å². The van der Waals surface area contributed by atoms with Gasteiger partial charge in [0.1, 0.15) is 4.21 Å². The monoisotopic (exact) mass is 389 g/mol. The van der Waals surface area contributed by atoms with Crippen LogP contribution in [0, 0.1) is 20.8 Å². The van der Waals surface area contributed by atoms with Crippen molar-refractivity contribution in [2.45, 2.75) is 25.0 Å². The van der Waals surface area contributed by atoms with E-state index < -0.39 is 15.9 Å². The number of nitrogens with zero attached hydrogens (tertiary/aromatic N) is 1. The fraction of sp³-hybridized carbons (Fsp3) is 0.167. The molecule has 2 N–H and O–H groups in total. The molecule has 26 heavy (non-hydrogen) atoms. The van der Waals surface area contributed by atoms with Gasteiger partial charge in [-0.05, 0) is 51.1 Å². The molecule has 0 aliphatic heterocycles. The molecule has 0 bridgehead atoms. The molecule has 0 spiro atoms. The van der Waals surface area contributed by atoms with Gasteiger partial charge in [-0.3, -0.25) is 10.2 Å². The van der Waals surface area contributed by atoms with E-state index in [2.05, 4.69) is 10.3 Å². The standard InChI is InChI=1S/C18H19N3O3S2/c1-12-11-16(14(3)21(12)15-7-5-4-6-8-15)18(22)19-20-26(23,24)17-10-9-13(2)25-17/h4-11,20H,1-3H3,(H,19,22). The minimum Gasteiger partial charge on any atom is -0.318 e. The van der Waals surface area contributed by atoms with Gasteiger partial charge in [-0.25, -0.2) is 8.42 Å². The highest BCUT2D eigenvalue weighted by Gasteiger charge is 2.20. The van der Waals surface area contributed by atoms with Gasteiger partial charge in [0, 0.05) is 22.0 Å². The first kappa shape index (κ1) is 18.4. The Bertz CT molecular complexity index is 1050. The maximum Gasteiger partial charge on any atom is 0.268 e. The zero-order valence-corrected chi connectivity index (χ0v) is 16.2. The number of para-hydroxylation sites is 1. The number of carbonyl (C=O) groups excluding carboxylic acids is 1. The predicted octanol–water partition coefficient (Wildman–Crippen LogP) is 3.09. The van der Waals surface area contributed by atoms with Crippen molar-refractivity contribution in [1.82, 2.24) is 14.8 Å². The first-order chi connectivity index (χ1) is 12.3.